The highest BCUT2D eigenvalue weighted by atomic mass is 16.5. The van der Waals surface area contributed by atoms with Gasteiger partial charge in [-0.05, 0) is 54.4 Å². The van der Waals surface area contributed by atoms with Crippen LogP contribution in [0.1, 0.15) is 78.0 Å². The SMILES string of the molecule is CCc1cc(OC(C)C)c(C(C)C)cc1C(C)(C)C. The van der Waals surface area contributed by atoms with E-state index in [1.165, 1.54) is 16.7 Å². The van der Waals surface area contributed by atoms with E-state index in [1.807, 2.05) is 0 Å². The molecule has 108 valence electrons. The largest absolute Gasteiger partial charge is 0.491 e. The third-order valence-electron chi connectivity index (χ3n) is 3.41. The van der Waals surface area contributed by atoms with Crippen molar-refractivity contribution >= 4 is 0 Å². The Morgan fingerprint density at radius 1 is 1.05 bits per heavy atom. The van der Waals surface area contributed by atoms with Gasteiger partial charge in [0.2, 0.25) is 0 Å². The molecule has 0 spiro atoms. The van der Waals surface area contributed by atoms with E-state index in [0.29, 0.717) is 5.92 Å². The zero-order valence-corrected chi connectivity index (χ0v) is 13.9. The Hall–Kier alpha value is -0.980. The molecule has 0 fully saturated rings. The summed E-state index contributed by atoms with van der Waals surface area (Å²) in [6.07, 6.45) is 1.28. The van der Waals surface area contributed by atoms with Gasteiger partial charge in [0.15, 0.2) is 0 Å². The molecular weight excluding hydrogens is 232 g/mol. The van der Waals surface area contributed by atoms with Gasteiger partial charge < -0.3 is 4.74 Å². The van der Waals surface area contributed by atoms with Crippen LogP contribution < -0.4 is 4.74 Å². The summed E-state index contributed by atoms with van der Waals surface area (Å²) in [6, 6.07) is 4.62. The second-order valence-electron chi connectivity index (χ2n) is 6.97. The maximum Gasteiger partial charge on any atom is 0.123 e. The number of benzene rings is 1. The van der Waals surface area contributed by atoms with Crippen molar-refractivity contribution < 1.29 is 4.74 Å². The minimum absolute atomic E-state index is 0.186. The molecule has 0 aliphatic heterocycles. The van der Waals surface area contributed by atoms with Crippen molar-refractivity contribution in [3.63, 3.8) is 0 Å². The third kappa shape index (κ3) is 3.99. The monoisotopic (exact) mass is 262 g/mol. The number of hydrogen-bond donors (Lipinski definition) is 0. The Labute approximate surface area is 119 Å². The quantitative estimate of drug-likeness (QED) is 0.700. The van der Waals surface area contributed by atoms with E-state index in [1.54, 1.807) is 0 Å². The Kier molecular flexibility index (Phi) is 5.06. The molecule has 0 atom stereocenters. The Morgan fingerprint density at radius 3 is 2.00 bits per heavy atom. The van der Waals surface area contributed by atoms with Gasteiger partial charge in [-0.1, -0.05) is 47.6 Å². The van der Waals surface area contributed by atoms with Crippen molar-refractivity contribution in [2.45, 2.75) is 79.2 Å². The predicted molar refractivity (Wildman–Crippen MR) is 84.4 cm³/mol. The van der Waals surface area contributed by atoms with E-state index >= 15 is 0 Å². The van der Waals surface area contributed by atoms with Crippen LogP contribution in [0.4, 0.5) is 0 Å². The summed E-state index contributed by atoms with van der Waals surface area (Å²) in [7, 11) is 0. The fourth-order valence-corrected chi connectivity index (χ4v) is 2.44. The average Bonchev–Trinajstić information content (AvgIpc) is 2.25. The van der Waals surface area contributed by atoms with E-state index in [0.717, 1.165) is 12.2 Å². The fourth-order valence-electron chi connectivity index (χ4n) is 2.44. The zero-order chi connectivity index (χ0) is 14.8. The molecule has 0 unspecified atom stereocenters. The molecule has 0 N–H and O–H groups in total. The Morgan fingerprint density at radius 2 is 1.63 bits per heavy atom. The molecule has 1 nitrogen and oxygen atoms in total. The average molecular weight is 262 g/mol. The number of hydrogen-bond acceptors (Lipinski definition) is 1. The molecule has 0 aromatic heterocycles. The van der Waals surface area contributed by atoms with Gasteiger partial charge in [-0.3, -0.25) is 0 Å². The summed E-state index contributed by atoms with van der Waals surface area (Å²) in [5.74, 6) is 1.55. The van der Waals surface area contributed by atoms with Crippen LogP contribution in [-0.4, -0.2) is 6.10 Å². The van der Waals surface area contributed by atoms with Gasteiger partial charge in [0.1, 0.15) is 5.75 Å². The lowest BCUT2D eigenvalue weighted by atomic mass is 9.80. The first-order valence-corrected chi connectivity index (χ1v) is 7.50. The molecule has 0 saturated carbocycles. The van der Waals surface area contributed by atoms with Crippen LogP contribution in [0.15, 0.2) is 12.1 Å². The van der Waals surface area contributed by atoms with Gasteiger partial charge in [0, 0.05) is 0 Å². The molecule has 1 rings (SSSR count). The first kappa shape index (κ1) is 16.1. The summed E-state index contributed by atoms with van der Waals surface area (Å²) >= 11 is 0. The maximum absolute atomic E-state index is 6.02. The Bertz CT molecular complexity index is 422. The highest BCUT2D eigenvalue weighted by Crippen LogP contribution is 2.36. The highest BCUT2D eigenvalue weighted by molar-refractivity contribution is 5.47. The summed E-state index contributed by atoms with van der Waals surface area (Å²) in [5.41, 5.74) is 4.38. The van der Waals surface area contributed by atoms with Crippen LogP contribution in [0.3, 0.4) is 0 Å². The molecule has 0 radical (unpaired) electrons. The molecule has 1 aromatic rings. The summed E-state index contributed by atoms with van der Waals surface area (Å²) in [5, 5.41) is 0. The van der Waals surface area contributed by atoms with Gasteiger partial charge >= 0.3 is 0 Å². The number of ether oxygens (including phenoxy) is 1. The van der Waals surface area contributed by atoms with Gasteiger partial charge in [0.05, 0.1) is 6.10 Å². The molecule has 0 aliphatic carbocycles. The topological polar surface area (TPSA) is 9.23 Å². The van der Waals surface area contributed by atoms with Crippen LogP contribution in [-0.2, 0) is 11.8 Å². The Balaban J connectivity index is 3.42. The third-order valence-corrected chi connectivity index (χ3v) is 3.41. The summed E-state index contributed by atoms with van der Waals surface area (Å²) in [6.45, 7) is 17.7. The van der Waals surface area contributed by atoms with Crippen LogP contribution in [0.5, 0.6) is 5.75 Å². The summed E-state index contributed by atoms with van der Waals surface area (Å²) in [4.78, 5) is 0. The van der Waals surface area contributed by atoms with E-state index in [4.69, 9.17) is 4.74 Å². The zero-order valence-electron chi connectivity index (χ0n) is 13.9. The van der Waals surface area contributed by atoms with Crippen molar-refractivity contribution in [1.29, 1.82) is 0 Å². The molecule has 0 bridgehead atoms. The lowest BCUT2D eigenvalue weighted by molar-refractivity contribution is 0.239. The fraction of sp³-hybridized carbons (Fsp3) is 0.667. The van der Waals surface area contributed by atoms with Crippen molar-refractivity contribution in [3.05, 3.63) is 28.8 Å². The van der Waals surface area contributed by atoms with E-state index < -0.39 is 0 Å². The lowest BCUT2D eigenvalue weighted by Crippen LogP contribution is -2.16. The minimum Gasteiger partial charge on any atom is -0.491 e. The van der Waals surface area contributed by atoms with Gasteiger partial charge in [-0.15, -0.1) is 0 Å². The molecule has 0 amide bonds. The maximum atomic E-state index is 6.02. The molecule has 0 heterocycles. The minimum atomic E-state index is 0.186. The molecule has 19 heavy (non-hydrogen) atoms. The normalized spacial score (nSPS) is 12.3. The van der Waals surface area contributed by atoms with Crippen molar-refractivity contribution in [2.75, 3.05) is 0 Å². The van der Waals surface area contributed by atoms with Gasteiger partial charge in [0.25, 0.3) is 0 Å². The second-order valence-corrected chi connectivity index (χ2v) is 6.97. The van der Waals surface area contributed by atoms with Crippen molar-refractivity contribution in [3.8, 4) is 5.75 Å². The second kappa shape index (κ2) is 5.98. The van der Waals surface area contributed by atoms with E-state index in [2.05, 4.69) is 67.5 Å². The molecule has 1 aromatic carbocycles. The van der Waals surface area contributed by atoms with E-state index in [-0.39, 0.29) is 11.5 Å². The predicted octanol–water partition coefficient (Wildman–Crippen LogP) is 5.46. The van der Waals surface area contributed by atoms with Crippen LogP contribution in [0.25, 0.3) is 0 Å². The van der Waals surface area contributed by atoms with Crippen LogP contribution in [0, 0.1) is 0 Å². The molecule has 0 aliphatic rings. The van der Waals surface area contributed by atoms with E-state index in [9.17, 15) is 0 Å². The smallest absolute Gasteiger partial charge is 0.123 e. The highest BCUT2D eigenvalue weighted by Gasteiger charge is 2.21. The van der Waals surface area contributed by atoms with Gasteiger partial charge in [-0.25, -0.2) is 0 Å². The molecule has 1 heteroatoms. The summed E-state index contributed by atoms with van der Waals surface area (Å²) < 4.78 is 6.02. The van der Waals surface area contributed by atoms with Crippen molar-refractivity contribution in [1.82, 2.24) is 0 Å². The molecule has 0 saturated heterocycles. The van der Waals surface area contributed by atoms with Crippen LogP contribution in [0.2, 0.25) is 0 Å². The number of rotatable bonds is 4. The number of aryl methyl sites for hydroxylation is 1. The van der Waals surface area contributed by atoms with Gasteiger partial charge in [-0.2, -0.15) is 0 Å². The standard InChI is InChI=1S/C18H30O/c1-9-14-10-17(19-13(4)5)15(12(2)3)11-16(14)18(6,7)8/h10-13H,9H2,1-8H3. The van der Waals surface area contributed by atoms with Crippen molar-refractivity contribution in [2.24, 2.45) is 0 Å². The van der Waals surface area contributed by atoms with Crippen LogP contribution >= 0.6 is 0 Å². The first-order valence-electron chi connectivity index (χ1n) is 7.50. The molecular formula is C18H30O. The lowest BCUT2D eigenvalue weighted by Gasteiger charge is -2.27. The first-order chi connectivity index (χ1) is 8.66.